The Balaban J connectivity index is 1.76. The molecule has 2 unspecified atom stereocenters. The maximum Gasteiger partial charge on any atom is 0.330 e. The summed E-state index contributed by atoms with van der Waals surface area (Å²) in [6, 6.07) is 5.24. The highest BCUT2D eigenvalue weighted by Gasteiger charge is 2.45. The van der Waals surface area contributed by atoms with Crippen LogP contribution in [0.15, 0.2) is 24.3 Å². The van der Waals surface area contributed by atoms with Crippen LogP contribution in [0.25, 0.3) is 0 Å². The predicted molar refractivity (Wildman–Crippen MR) is 97.1 cm³/mol. The van der Waals surface area contributed by atoms with E-state index in [1.807, 2.05) is 6.92 Å². The first-order valence-electron chi connectivity index (χ1n) is 9.33. The number of imide groups is 2. The summed E-state index contributed by atoms with van der Waals surface area (Å²) in [6.07, 6.45) is 1.40. The Bertz CT molecular complexity index is 814. The van der Waals surface area contributed by atoms with Gasteiger partial charge in [0.2, 0.25) is 5.91 Å². The Kier molecular flexibility index (Phi) is 5.58. The highest BCUT2D eigenvalue weighted by atomic mass is 16.5. The van der Waals surface area contributed by atoms with Crippen LogP contribution in [-0.2, 0) is 19.1 Å². The van der Waals surface area contributed by atoms with Crippen LogP contribution in [-0.4, -0.2) is 58.6 Å². The van der Waals surface area contributed by atoms with Crippen LogP contribution in [0.5, 0.6) is 0 Å². The minimum Gasteiger partial charge on any atom is -0.454 e. The zero-order chi connectivity index (χ0) is 20.4. The molecule has 1 fully saturated rings. The summed E-state index contributed by atoms with van der Waals surface area (Å²) in [7, 11) is 0. The van der Waals surface area contributed by atoms with Crippen molar-refractivity contribution >= 4 is 29.6 Å². The SMILES string of the molecule is CCC(C)C(C(=O)OCC(=O)N1CCCC1=O)N1C(=O)c2ccccc2C1=O. The third kappa shape index (κ3) is 3.42. The second-order valence-electron chi connectivity index (χ2n) is 7.01. The molecule has 0 aromatic heterocycles. The number of fused-ring (bicyclic) bond motifs is 1. The van der Waals surface area contributed by atoms with E-state index in [9.17, 15) is 24.0 Å². The van der Waals surface area contributed by atoms with E-state index in [1.54, 1.807) is 19.1 Å². The summed E-state index contributed by atoms with van der Waals surface area (Å²) in [4.78, 5) is 64.0. The van der Waals surface area contributed by atoms with Crippen molar-refractivity contribution < 1.29 is 28.7 Å². The molecule has 2 aliphatic heterocycles. The molecule has 8 nitrogen and oxygen atoms in total. The molecule has 3 rings (SSSR count). The Morgan fingerprint density at radius 1 is 1.11 bits per heavy atom. The quantitative estimate of drug-likeness (QED) is 0.541. The molecule has 0 bridgehead atoms. The number of amides is 4. The van der Waals surface area contributed by atoms with Crippen LogP contribution in [0.3, 0.4) is 0 Å². The average molecular weight is 386 g/mol. The minimum absolute atomic E-state index is 0.243. The van der Waals surface area contributed by atoms with E-state index in [2.05, 4.69) is 0 Å². The largest absolute Gasteiger partial charge is 0.454 e. The zero-order valence-electron chi connectivity index (χ0n) is 15.8. The van der Waals surface area contributed by atoms with Gasteiger partial charge in [-0.1, -0.05) is 32.4 Å². The molecule has 1 saturated heterocycles. The molecule has 148 valence electrons. The van der Waals surface area contributed by atoms with Crippen molar-refractivity contribution in [3.63, 3.8) is 0 Å². The van der Waals surface area contributed by atoms with E-state index in [4.69, 9.17) is 4.74 Å². The van der Waals surface area contributed by atoms with Gasteiger partial charge in [0.15, 0.2) is 6.61 Å². The number of likely N-dealkylation sites (tertiary alicyclic amines) is 1. The lowest BCUT2D eigenvalue weighted by molar-refractivity contribution is -0.158. The molecule has 0 N–H and O–H groups in total. The molecule has 0 spiro atoms. The van der Waals surface area contributed by atoms with Crippen LogP contribution in [0.2, 0.25) is 0 Å². The fraction of sp³-hybridized carbons (Fsp3) is 0.450. The standard InChI is InChI=1S/C20H22N2O6/c1-3-12(2)17(20(27)28-11-16(24)21-10-6-9-15(21)23)22-18(25)13-7-4-5-8-14(13)19(22)26/h4-5,7-8,12,17H,3,6,9-11H2,1-2H3. The van der Waals surface area contributed by atoms with E-state index < -0.39 is 36.3 Å². The monoisotopic (exact) mass is 386 g/mol. The molecule has 28 heavy (non-hydrogen) atoms. The van der Waals surface area contributed by atoms with Gasteiger partial charge in [0, 0.05) is 13.0 Å². The van der Waals surface area contributed by atoms with Crippen molar-refractivity contribution in [2.24, 2.45) is 5.92 Å². The van der Waals surface area contributed by atoms with Gasteiger partial charge in [0.1, 0.15) is 6.04 Å². The average Bonchev–Trinajstić information content (AvgIpc) is 3.23. The molecule has 0 aliphatic carbocycles. The molecule has 1 aromatic rings. The molecule has 8 heteroatoms. The first kappa shape index (κ1) is 19.7. The summed E-state index contributed by atoms with van der Waals surface area (Å²) >= 11 is 0. The summed E-state index contributed by atoms with van der Waals surface area (Å²) < 4.78 is 5.13. The van der Waals surface area contributed by atoms with Crippen LogP contribution < -0.4 is 0 Å². The number of benzene rings is 1. The Labute approximate surface area is 162 Å². The van der Waals surface area contributed by atoms with Crippen molar-refractivity contribution in [3.8, 4) is 0 Å². The van der Waals surface area contributed by atoms with Crippen molar-refractivity contribution in [3.05, 3.63) is 35.4 Å². The van der Waals surface area contributed by atoms with Gasteiger partial charge in [-0.15, -0.1) is 0 Å². The van der Waals surface area contributed by atoms with E-state index in [0.29, 0.717) is 25.8 Å². The normalized spacial score (nSPS) is 18.3. The third-order valence-corrected chi connectivity index (χ3v) is 5.24. The summed E-state index contributed by atoms with van der Waals surface area (Å²) in [5.41, 5.74) is 0.486. The molecule has 2 heterocycles. The number of hydrogen-bond donors (Lipinski definition) is 0. The molecule has 2 atom stereocenters. The maximum atomic E-state index is 12.7. The number of ether oxygens (including phenoxy) is 1. The number of carbonyl (C=O) groups excluding carboxylic acids is 5. The second-order valence-corrected chi connectivity index (χ2v) is 7.01. The topological polar surface area (TPSA) is 101 Å². The fourth-order valence-corrected chi connectivity index (χ4v) is 3.48. The van der Waals surface area contributed by atoms with Gasteiger partial charge in [-0.05, 0) is 24.5 Å². The number of esters is 1. The molecule has 2 aliphatic rings. The lowest BCUT2D eigenvalue weighted by Crippen LogP contribution is -2.50. The lowest BCUT2D eigenvalue weighted by atomic mass is 9.97. The van der Waals surface area contributed by atoms with Crippen LogP contribution in [0, 0.1) is 5.92 Å². The predicted octanol–water partition coefficient (Wildman–Crippen LogP) is 1.39. The zero-order valence-corrected chi connectivity index (χ0v) is 15.8. The molecule has 0 radical (unpaired) electrons. The third-order valence-electron chi connectivity index (χ3n) is 5.24. The maximum absolute atomic E-state index is 12.7. The molecular formula is C20H22N2O6. The fourth-order valence-electron chi connectivity index (χ4n) is 3.48. The van der Waals surface area contributed by atoms with Crippen molar-refractivity contribution in [2.75, 3.05) is 13.2 Å². The lowest BCUT2D eigenvalue weighted by Gasteiger charge is -2.29. The summed E-state index contributed by atoms with van der Waals surface area (Å²) in [5.74, 6) is -3.18. The molecule has 0 saturated carbocycles. The van der Waals surface area contributed by atoms with Crippen molar-refractivity contribution in [2.45, 2.75) is 39.2 Å². The van der Waals surface area contributed by atoms with Gasteiger partial charge < -0.3 is 4.74 Å². The van der Waals surface area contributed by atoms with Crippen LogP contribution >= 0.6 is 0 Å². The van der Waals surface area contributed by atoms with Crippen LogP contribution in [0.1, 0.15) is 53.8 Å². The van der Waals surface area contributed by atoms with E-state index in [0.717, 1.165) is 9.80 Å². The van der Waals surface area contributed by atoms with Gasteiger partial charge in [-0.25, -0.2) is 4.79 Å². The van der Waals surface area contributed by atoms with Gasteiger partial charge in [-0.3, -0.25) is 29.0 Å². The number of nitrogens with zero attached hydrogens (tertiary/aromatic N) is 2. The molecular weight excluding hydrogens is 364 g/mol. The summed E-state index contributed by atoms with van der Waals surface area (Å²) in [5, 5.41) is 0. The van der Waals surface area contributed by atoms with Crippen molar-refractivity contribution in [1.82, 2.24) is 9.80 Å². The first-order valence-corrected chi connectivity index (χ1v) is 9.33. The van der Waals surface area contributed by atoms with Gasteiger partial charge >= 0.3 is 5.97 Å². The highest BCUT2D eigenvalue weighted by Crippen LogP contribution is 2.28. The van der Waals surface area contributed by atoms with E-state index in [-0.39, 0.29) is 23.0 Å². The second kappa shape index (κ2) is 7.92. The van der Waals surface area contributed by atoms with Crippen LogP contribution in [0.4, 0.5) is 0 Å². The highest BCUT2D eigenvalue weighted by molar-refractivity contribution is 6.22. The summed E-state index contributed by atoms with van der Waals surface area (Å²) in [6.45, 7) is 3.28. The Morgan fingerprint density at radius 3 is 2.21 bits per heavy atom. The van der Waals surface area contributed by atoms with E-state index >= 15 is 0 Å². The molecule has 1 aromatic carbocycles. The Hall–Kier alpha value is -3.03. The number of hydrogen-bond acceptors (Lipinski definition) is 6. The number of rotatable bonds is 6. The first-order chi connectivity index (χ1) is 13.4. The number of carbonyl (C=O) groups is 5. The smallest absolute Gasteiger partial charge is 0.330 e. The van der Waals surface area contributed by atoms with Gasteiger partial charge in [0.05, 0.1) is 11.1 Å². The Morgan fingerprint density at radius 2 is 1.71 bits per heavy atom. The van der Waals surface area contributed by atoms with Gasteiger partial charge in [-0.2, -0.15) is 0 Å². The van der Waals surface area contributed by atoms with E-state index in [1.165, 1.54) is 12.1 Å². The van der Waals surface area contributed by atoms with Gasteiger partial charge in [0.25, 0.3) is 17.7 Å². The molecule has 4 amide bonds. The minimum atomic E-state index is -1.14. The van der Waals surface area contributed by atoms with Crippen molar-refractivity contribution in [1.29, 1.82) is 0 Å².